The van der Waals surface area contributed by atoms with Crippen molar-refractivity contribution in [3.63, 3.8) is 0 Å². The van der Waals surface area contributed by atoms with Gasteiger partial charge in [-0.1, -0.05) is 49.2 Å². The Bertz CT molecular complexity index is 714. The van der Waals surface area contributed by atoms with Gasteiger partial charge in [0.2, 0.25) is 5.78 Å². The number of benzene rings is 1. The van der Waals surface area contributed by atoms with Crippen LogP contribution in [-0.4, -0.2) is 36.0 Å². The first-order chi connectivity index (χ1) is 13.0. The van der Waals surface area contributed by atoms with Gasteiger partial charge in [-0.25, -0.2) is 4.79 Å². The van der Waals surface area contributed by atoms with E-state index in [1.165, 1.54) is 35.2 Å². The molecule has 1 fully saturated rings. The van der Waals surface area contributed by atoms with Crippen LogP contribution in [0.2, 0.25) is 0 Å². The fourth-order valence-electron chi connectivity index (χ4n) is 2.81. The Kier molecular flexibility index (Phi) is 7.47. The molecule has 27 heavy (non-hydrogen) atoms. The third kappa shape index (κ3) is 5.61. The number of nitriles is 1. The van der Waals surface area contributed by atoms with E-state index in [0.29, 0.717) is 13.0 Å². The summed E-state index contributed by atoms with van der Waals surface area (Å²) in [5.74, 6) is -4.95. The van der Waals surface area contributed by atoms with Crippen molar-refractivity contribution in [3.05, 3.63) is 48.0 Å². The number of rotatable bonds is 10. The number of cyclic esters (lactones) is 1. The lowest BCUT2D eigenvalue weighted by atomic mass is 10.0. The van der Waals surface area contributed by atoms with Crippen molar-refractivity contribution in [3.8, 4) is 6.07 Å². The van der Waals surface area contributed by atoms with Gasteiger partial charge in [0.05, 0.1) is 12.1 Å². The Labute approximate surface area is 157 Å². The molecule has 1 amide bonds. The number of carbonyl (C=O) groups excluding carboxylic acids is 2. The molecule has 1 heterocycles. The van der Waals surface area contributed by atoms with Gasteiger partial charge in [-0.2, -0.15) is 14.0 Å². The fourth-order valence-corrected chi connectivity index (χ4v) is 2.81. The third-order valence-electron chi connectivity index (χ3n) is 4.37. The van der Waals surface area contributed by atoms with Crippen molar-refractivity contribution in [2.45, 2.75) is 44.1 Å². The molecule has 5 nitrogen and oxygen atoms in total. The number of hydrogen-bond acceptors (Lipinski definition) is 4. The van der Waals surface area contributed by atoms with Crippen molar-refractivity contribution in [2.24, 2.45) is 0 Å². The number of amides is 1. The predicted molar refractivity (Wildman–Crippen MR) is 95.0 cm³/mol. The Balaban J connectivity index is 1.91. The summed E-state index contributed by atoms with van der Waals surface area (Å²) in [6.07, 6.45) is 5.41. The minimum Gasteiger partial charge on any atom is -0.447 e. The zero-order valence-electron chi connectivity index (χ0n) is 14.9. The second kappa shape index (κ2) is 9.81. The fraction of sp³-hybridized carbons (Fsp3) is 0.450. The maximum atomic E-state index is 14.2. The van der Waals surface area contributed by atoms with Crippen molar-refractivity contribution in [1.29, 1.82) is 5.26 Å². The SMILES string of the molecule is N#CCCCCCCN1C(=O)OCC1C=CC(=O)C(F)(F)c1ccccc1. The molecular formula is C20H22F2N2O3. The van der Waals surface area contributed by atoms with Gasteiger partial charge in [0.15, 0.2) is 0 Å². The Hall–Kier alpha value is -2.75. The van der Waals surface area contributed by atoms with Crippen LogP contribution in [0.1, 0.15) is 37.7 Å². The first-order valence-electron chi connectivity index (χ1n) is 8.93. The van der Waals surface area contributed by atoms with Crippen molar-refractivity contribution >= 4 is 11.9 Å². The number of hydrogen-bond donors (Lipinski definition) is 0. The number of allylic oxidation sites excluding steroid dienone is 1. The highest BCUT2D eigenvalue weighted by Gasteiger charge is 2.39. The number of halogens is 2. The van der Waals surface area contributed by atoms with Crippen LogP contribution in [0.4, 0.5) is 13.6 Å². The number of ketones is 1. The molecule has 0 N–H and O–H groups in total. The molecule has 2 rings (SSSR count). The van der Waals surface area contributed by atoms with Gasteiger partial charge in [-0.3, -0.25) is 9.69 Å². The molecule has 0 saturated carbocycles. The van der Waals surface area contributed by atoms with E-state index in [1.54, 1.807) is 6.07 Å². The number of alkyl halides is 2. The predicted octanol–water partition coefficient (Wildman–Crippen LogP) is 4.20. The zero-order chi connectivity index (χ0) is 19.7. The number of nitrogens with zero attached hydrogens (tertiary/aromatic N) is 2. The summed E-state index contributed by atoms with van der Waals surface area (Å²) in [7, 11) is 0. The van der Waals surface area contributed by atoms with Crippen LogP contribution in [-0.2, 0) is 15.5 Å². The summed E-state index contributed by atoms with van der Waals surface area (Å²) in [4.78, 5) is 25.2. The molecule has 0 spiro atoms. The summed E-state index contributed by atoms with van der Waals surface area (Å²) in [5, 5.41) is 8.49. The van der Waals surface area contributed by atoms with E-state index in [9.17, 15) is 18.4 Å². The van der Waals surface area contributed by atoms with Crippen LogP contribution in [0, 0.1) is 11.3 Å². The first kappa shape index (κ1) is 20.6. The molecule has 1 aromatic rings. The molecular weight excluding hydrogens is 354 g/mol. The largest absolute Gasteiger partial charge is 0.447 e. The monoisotopic (exact) mass is 376 g/mol. The minimum atomic E-state index is -3.62. The van der Waals surface area contributed by atoms with Gasteiger partial charge in [0.1, 0.15) is 6.61 Å². The van der Waals surface area contributed by atoms with Crippen LogP contribution in [0.25, 0.3) is 0 Å². The lowest BCUT2D eigenvalue weighted by molar-refractivity contribution is -0.138. The van der Waals surface area contributed by atoms with Crippen LogP contribution in [0.5, 0.6) is 0 Å². The Morgan fingerprint density at radius 1 is 1.26 bits per heavy atom. The molecule has 0 aromatic heterocycles. The van der Waals surface area contributed by atoms with Gasteiger partial charge >= 0.3 is 12.0 Å². The summed E-state index contributed by atoms with van der Waals surface area (Å²) in [6, 6.07) is 8.43. The van der Waals surface area contributed by atoms with Crippen LogP contribution in [0.3, 0.4) is 0 Å². The zero-order valence-corrected chi connectivity index (χ0v) is 14.9. The highest BCUT2D eigenvalue weighted by molar-refractivity contribution is 5.96. The lowest BCUT2D eigenvalue weighted by Gasteiger charge is -2.19. The molecule has 1 aliphatic heterocycles. The summed E-state index contributed by atoms with van der Waals surface area (Å²) in [6.45, 7) is 0.456. The standard InChI is InChI=1S/C20H22F2N2O3/c21-20(22,16-9-5-4-6-10-16)18(25)12-11-17-15-27-19(26)24(17)14-8-3-1-2-7-13-23/h4-6,9-12,17H,1-3,7-8,14-15H2. The average molecular weight is 376 g/mol. The smallest absolute Gasteiger partial charge is 0.410 e. The molecule has 1 saturated heterocycles. The third-order valence-corrected chi connectivity index (χ3v) is 4.37. The molecule has 1 atom stereocenters. The van der Waals surface area contributed by atoms with Gasteiger partial charge in [0.25, 0.3) is 0 Å². The van der Waals surface area contributed by atoms with E-state index in [4.69, 9.17) is 10.00 Å². The Morgan fingerprint density at radius 2 is 1.96 bits per heavy atom. The van der Waals surface area contributed by atoms with E-state index < -0.39 is 23.8 Å². The van der Waals surface area contributed by atoms with Crippen molar-refractivity contribution in [1.82, 2.24) is 4.90 Å². The Morgan fingerprint density at radius 3 is 2.67 bits per heavy atom. The molecule has 0 aliphatic carbocycles. The average Bonchev–Trinajstić information content (AvgIpc) is 3.03. The van der Waals surface area contributed by atoms with E-state index in [0.717, 1.165) is 31.8 Å². The second-order valence-corrected chi connectivity index (χ2v) is 6.32. The quantitative estimate of drug-likeness (QED) is 0.453. The molecule has 1 aliphatic rings. The van der Waals surface area contributed by atoms with E-state index in [-0.39, 0.29) is 12.2 Å². The first-order valence-corrected chi connectivity index (χ1v) is 8.93. The summed E-state index contributed by atoms with van der Waals surface area (Å²) >= 11 is 0. The topological polar surface area (TPSA) is 70.4 Å². The van der Waals surface area contributed by atoms with Crippen molar-refractivity contribution < 1.29 is 23.1 Å². The van der Waals surface area contributed by atoms with Gasteiger partial charge in [0, 0.05) is 18.5 Å². The molecule has 7 heteroatoms. The van der Waals surface area contributed by atoms with Crippen LogP contribution in [0.15, 0.2) is 42.5 Å². The maximum absolute atomic E-state index is 14.2. The van der Waals surface area contributed by atoms with E-state index in [1.807, 2.05) is 0 Å². The highest BCUT2D eigenvalue weighted by atomic mass is 19.3. The molecule has 0 bridgehead atoms. The van der Waals surface area contributed by atoms with Gasteiger partial charge in [-0.15, -0.1) is 0 Å². The lowest BCUT2D eigenvalue weighted by Crippen LogP contribution is -2.33. The number of carbonyl (C=O) groups is 2. The maximum Gasteiger partial charge on any atom is 0.410 e. The number of unbranched alkanes of at least 4 members (excludes halogenated alkanes) is 4. The van der Waals surface area contributed by atoms with Crippen LogP contribution < -0.4 is 0 Å². The van der Waals surface area contributed by atoms with E-state index >= 15 is 0 Å². The van der Waals surface area contributed by atoms with Crippen molar-refractivity contribution in [2.75, 3.05) is 13.2 Å². The summed E-state index contributed by atoms with van der Waals surface area (Å²) < 4.78 is 33.4. The molecule has 1 unspecified atom stereocenters. The van der Waals surface area contributed by atoms with Gasteiger partial charge < -0.3 is 4.74 Å². The summed E-state index contributed by atoms with van der Waals surface area (Å²) in [5.41, 5.74) is -0.368. The van der Waals surface area contributed by atoms with E-state index in [2.05, 4.69) is 6.07 Å². The molecule has 1 aromatic carbocycles. The normalized spacial score (nSPS) is 17.1. The minimum absolute atomic E-state index is 0.0357. The highest BCUT2D eigenvalue weighted by Crippen LogP contribution is 2.29. The second-order valence-electron chi connectivity index (χ2n) is 6.32. The number of ether oxygens (including phenoxy) is 1. The molecule has 144 valence electrons. The van der Waals surface area contributed by atoms with Crippen LogP contribution >= 0.6 is 0 Å². The molecule has 0 radical (unpaired) electrons. The van der Waals surface area contributed by atoms with Gasteiger partial charge in [-0.05, 0) is 18.9 Å².